The second kappa shape index (κ2) is 6.26. The van der Waals surface area contributed by atoms with Gasteiger partial charge < -0.3 is 15.2 Å². The molecule has 1 aromatic rings. The Bertz CT molecular complexity index is 540. The molecule has 2 unspecified atom stereocenters. The van der Waals surface area contributed by atoms with Crippen LogP contribution in [0, 0.1) is 22.0 Å². The Balaban J connectivity index is 2.21. The van der Waals surface area contributed by atoms with Gasteiger partial charge in [0.1, 0.15) is 5.69 Å². The van der Waals surface area contributed by atoms with Crippen molar-refractivity contribution in [2.45, 2.75) is 26.8 Å². The Morgan fingerprint density at radius 1 is 1.57 bits per heavy atom. The first kappa shape index (κ1) is 15.5. The van der Waals surface area contributed by atoms with Gasteiger partial charge >= 0.3 is 0 Å². The summed E-state index contributed by atoms with van der Waals surface area (Å²) >= 11 is 0. The summed E-state index contributed by atoms with van der Waals surface area (Å²) in [5.41, 5.74) is 6.11. The molecule has 0 spiro atoms. The Hall–Kier alpha value is -1.89. The van der Waals surface area contributed by atoms with Gasteiger partial charge in [-0.15, -0.1) is 0 Å². The summed E-state index contributed by atoms with van der Waals surface area (Å²) in [6.45, 7) is 6.40. The summed E-state index contributed by atoms with van der Waals surface area (Å²) in [6.07, 6.45) is 2.34. The number of carbonyl (C=O) groups is 1. The molecule has 1 aliphatic rings. The van der Waals surface area contributed by atoms with Crippen molar-refractivity contribution in [3.05, 3.63) is 28.1 Å². The molecule has 0 radical (unpaired) electrons. The van der Waals surface area contributed by atoms with Crippen molar-refractivity contribution in [1.82, 2.24) is 9.47 Å². The Morgan fingerprint density at radius 2 is 2.29 bits per heavy atom. The molecule has 2 heterocycles. The summed E-state index contributed by atoms with van der Waals surface area (Å²) in [4.78, 5) is 24.8. The fourth-order valence-corrected chi connectivity index (χ4v) is 2.84. The molecule has 1 amide bonds. The molecule has 1 saturated heterocycles. The van der Waals surface area contributed by atoms with Gasteiger partial charge in [-0.1, -0.05) is 6.92 Å². The van der Waals surface area contributed by atoms with E-state index in [2.05, 4.69) is 6.92 Å². The van der Waals surface area contributed by atoms with Crippen LogP contribution in [0.1, 0.15) is 30.8 Å². The zero-order chi connectivity index (χ0) is 15.6. The quantitative estimate of drug-likeness (QED) is 0.672. The molecule has 7 heteroatoms. The van der Waals surface area contributed by atoms with Gasteiger partial charge in [-0.05, 0) is 31.7 Å². The van der Waals surface area contributed by atoms with Crippen LogP contribution in [0.3, 0.4) is 0 Å². The maximum absolute atomic E-state index is 12.6. The molecule has 116 valence electrons. The highest BCUT2D eigenvalue weighted by Crippen LogP contribution is 2.25. The second-order valence-corrected chi connectivity index (χ2v) is 5.64. The number of hydrogen-bond donors (Lipinski definition) is 1. The van der Waals surface area contributed by atoms with Crippen LogP contribution in [0.15, 0.2) is 12.3 Å². The maximum Gasteiger partial charge on any atom is 0.287 e. The molecule has 1 aromatic heterocycles. The summed E-state index contributed by atoms with van der Waals surface area (Å²) in [6, 6.07) is 1.36. The summed E-state index contributed by atoms with van der Waals surface area (Å²) < 4.78 is 1.63. The highest BCUT2D eigenvalue weighted by molar-refractivity contribution is 5.93. The van der Waals surface area contributed by atoms with Gasteiger partial charge in [-0.3, -0.25) is 14.9 Å². The van der Waals surface area contributed by atoms with Crippen LogP contribution >= 0.6 is 0 Å². The van der Waals surface area contributed by atoms with E-state index in [-0.39, 0.29) is 11.6 Å². The highest BCUT2D eigenvalue weighted by Gasteiger charge is 2.30. The number of carbonyl (C=O) groups excluding carboxylic acids is 1. The lowest BCUT2D eigenvalue weighted by atomic mass is 9.87. The van der Waals surface area contributed by atoms with Crippen LogP contribution in [0.2, 0.25) is 0 Å². The van der Waals surface area contributed by atoms with Gasteiger partial charge in [0.15, 0.2) is 0 Å². The third kappa shape index (κ3) is 3.07. The standard InChI is InChI=1S/C14H22N4O3/c1-3-16-9-12(18(20)21)6-13(16)14(19)17-5-4-10(2)11(7-15)8-17/h6,9-11H,3-5,7-8,15H2,1-2H3. The number of likely N-dealkylation sites (tertiary alicyclic amines) is 1. The van der Waals surface area contributed by atoms with E-state index in [4.69, 9.17) is 5.73 Å². The van der Waals surface area contributed by atoms with E-state index in [1.165, 1.54) is 12.3 Å². The predicted molar refractivity (Wildman–Crippen MR) is 79.0 cm³/mol. The second-order valence-electron chi connectivity index (χ2n) is 5.64. The number of nitrogens with two attached hydrogens (primary N) is 1. The monoisotopic (exact) mass is 294 g/mol. The molecule has 2 N–H and O–H groups in total. The van der Waals surface area contributed by atoms with E-state index in [0.29, 0.717) is 43.7 Å². The van der Waals surface area contributed by atoms with Crippen molar-refractivity contribution in [2.24, 2.45) is 17.6 Å². The Morgan fingerprint density at radius 3 is 2.86 bits per heavy atom. The number of hydrogen-bond acceptors (Lipinski definition) is 4. The van der Waals surface area contributed by atoms with Gasteiger partial charge in [0, 0.05) is 25.7 Å². The number of nitrogens with zero attached hydrogens (tertiary/aromatic N) is 3. The first-order chi connectivity index (χ1) is 9.97. The largest absolute Gasteiger partial charge is 0.337 e. The van der Waals surface area contributed by atoms with Crippen molar-refractivity contribution < 1.29 is 9.72 Å². The van der Waals surface area contributed by atoms with Crippen LogP contribution in [0.5, 0.6) is 0 Å². The van der Waals surface area contributed by atoms with Crippen LogP contribution in [-0.2, 0) is 6.54 Å². The molecule has 1 aliphatic heterocycles. The number of rotatable bonds is 4. The molecule has 1 fully saturated rings. The molecule has 0 saturated carbocycles. The van der Waals surface area contributed by atoms with E-state index in [0.717, 1.165) is 6.42 Å². The number of nitro groups is 1. The molecule has 0 aliphatic carbocycles. The first-order valence-corrected chi connectivity index (χ1v) is 7.31. The van der Waals surface area contributed by atoms with E-state index < -0.39 is 4.92 Å². The first-order valence-electron chi connectivity index (χ1n) is 7.31. The van der Waals surface area contributed by atoms with E-state index in [1.54, 1.807) is 9.47 Å². The molecule has 7 nitrogen and oxygen atoms in total. The summed E-state index contributed by atoms with van der Waals surface area (Å²) in [5, 5.41) is 10.9. The molecule has 21 heavy (non-hydrogen) atoms. The van der Waals surface area contributed by atoms with Crippen molar-refractivity contribution in [1.29, 1.82) is 0 Å². The number of aromatic nitrogens is 1. The van der Waals surface area contributed by atoms with Crippen LogP contribution in [0.25, 0.3) is 0 Å². The van der Waals surface area contributed by atoms with Gasteiger partial charge in [-0.2, -0.15) is 0 Å². The van der Waals surface area contributed by atoms with E-state index in [1.807, 2.05) is 6.92 Å². The fourth-order valence-electron chi connectivity index (χ4n) is 2.84. The molecular weight excluding hydrogens is 272 g/mol. The predicted octanol–water partition coefficient (Wildman–Crippen LogP) is 1.47. The van der Waals surface area contributed by atoms with Gasteiger partial charge in [0.25, 0.3) is 11.6 Å². The zero-order valence-corrected chi connectivity index (χ0v) is 12.5. The molecule has 2 atom stereocenters. The smallest absolute Gasteiger partial charge is 0.287 e. The third-order valence-electron chi connectivity index (χ3n) is 4.36. The molecule has 2 rings (SSSR count). The topological polar surface area (TPSA) is 94.4 Å². The normalized spacial score (nSPS) is 22.3. The van der Waals surface area contributed by atoms with Crippen molar-refractivity contribution in [3.8, 4) is 0 Å². The van der Waals surface area contributed by atoms with E-state index in [9.17, 15) is 14.9 Å². The number of piperidine rings is 1. The molecular formula is C14H22N4O3. The lowest BCUT2D eigenvalue weighted by Gasteiger charge is -2.36. The third-order valence-corrected chi connectivity index (χ3v) is 4.36. The zero-order valence-electron chi connectivity index (χ0n) is 12.5. The molecule has 0 bridgehead atoms. The van der Waals surface area contributed by atoms with Gasteiger partial charge in [0.05, 0.1) is 11.1 Å². The van der Waals surface area contributed by atoms with Crippen molar-refractivity contribution >= 4 is 11.6 Å². The average Bonchev–Trinajstić information content (AvgIpc) is 2.91. The van der Waals surface area contributed by atoms with Crippen LogP contribution in [0.4, 0.5) is 5.69 Å². The fraction of sp³-hybridized carbons (Fsp3) is 0.643. The minimum atomic E-state index is -0.468. The lowest BCUT2D eigenvalue weighted by Crippen LogP contribution is -2.45. The minimum absolute atomic E-state index is 0.0408. The number of amides is 1. The van der Waals surface area contributed by atoms with Gasteiger partial charge in [0.2, 0.25) is 0 Å². The summed E-state index contributed by atoms with van der Waals surface area (Å²) in [5.74, 6) is 0.657. The Kier molecular flexibility index (Phi) is 4.62. The minimum Gasteiger partial charge on any atom is -0.337 e. The van der Waals surface area contributed by atoms with Crippen LogP contribution < -0.4 is 5.73 Å². The van der Waals surface area contributed by atoms with E-state index >= 15 is 0 Å². The summed E-state index contributed by atoms with van der Waals surface area (Å²) in [7, 11) is 0. The van der Waals surface area contributed by atoms with Crippen molar-refractivity contribution in [2.75, 3.05) is 19.6 Å². The lowest BCUT2D eigenvalue weighted by molar-refractivity contribution is -0.384. The highest BCUT2D eigenvalue weighted by atomic mass is 16.6. The van der Waals surface area contributed by atoms with Crippen molar-refractivity contribution in [3.63, 3.8) is 0 Å². The Labute approximate surface area is 123 Å². The maximum atomic E-state index is 12.6. The average molecular weight is 294 g/mol. The van der Waals surface area contributed by atoms with Crippen LogP contribution in [-0.4, -0.2) is 39.9 Å². The molecule has 0 aromatic carbocycles. The number of aryl methyl sites for hydroxylation is 1. The van der Waals surface area contributed by atoms with Gasteiger partial charge in [-0.25, -0.2) is 0 Å². The SMILES string of the molecule is CCn1cc([N+](=O)[O-])cc1C(=O)N1CCC(C)C(CN)C1.